The van der Waals surface area contributed by atoms with Gasteiger partial charge in [0.05, 0.1) is 29.1 Å². The minimum absolute atomic E-state index is 0.0791. The third-order valence-corrected chi connectivity index (χ3v) is 7.42. The molecule has 5 rings (SSSR count). The SMILES string of the molecule is O=C(c1ccc(N2C(=O)CCC2=O)cc1)N(C[C@@H]1CCCO1)c1nc(-c2ccc(Cl)cc2Cl)cs1. The van der Waals surface area contributed by atoms with Gasteiger partial charge in [-0.3, -0.25) is 24.2 Å². The molecule has 2 saturated heterocycles. The maximum Gasteiger partial charge on any atom is 0.260 e. The molecule has 2 fully saturated rings. The van der Waals surface area contributed by atoms with Crippen LogP contribution in [0.4, 0.5) is 10.8 Å². The summed E-state index contributed by atoms with van der Waals surface area (Å²) < 4.78 is 5.79. The first-order chi connectivity index (χ1) is 16.9. The zero-order chi connectivity index (χ0) is 24.5. The topological polar surface area (TPSA) is 79.8 Å². The number of imide groups is 1. The monoisotopic (exact) mass is 529 g/mol. The van der Waals surface area contributed by atoms with Crippen LogP contribution in [-0.2, 0) is 14.3 Å². The molecule has 2 aliphatic heterocycles. The number of thiazole rings is 1. The number of halogens is 2. The standard InChI is InChI=1S/C25H21Cl2N3O4S/c26-16-5-8-19(20(27)12-16)21-14-35-25(28-21)29(13-18-2-1-11-34-18)24(33)15-3-6-17(7-4-15)30-22(31)9-10-23(30)32/h3-8,12,14,18H,1-2,9-11,13H2/t18-/m0/s1. The predicted molar refractivity (Wildman–Crippen MR) is 136 cm³/mol. The molecule has 0 unspecified atom stereocenters. The molecule has 10 heteroatoms. The van der Waals surface area contributed by atoms with Crippen LogP contribution in [0.2, 0.25) is 10.0 Å². The van der Waals surface area contributed by atoms with Crippen molar-refractivity contribution in [1.82, 2.24) is 4.98 Å². The fraction of sp³-hybridized carbons (Fsp3) is 0.280. The van der Waals surface area contributed by atoms with E-state index in [9.17, 15) is 14.4 Å². The summed E-state index contributed by atoms with van der Waals surface area (Å²) in [7, 11) is 0. The maximum absolute atomic E-state index is 13.6. The van der Waals surface area contributed by atoms with Crippen molar-refractivity contribution in [2.75, 3.05) is 23.0 Å². The number of hydrogen-bond acceptors (Lipinski definition) is 6. The number of ether oxygens (including phenoxy) is 1. The molecule has 0 saturated carbocycles. The summed E-state index contributed by atoms with van der Waals surface area (Å²) in [4.78, 5) is 45.2. The Morgan fingerprint density at radius 1 is 1.11 bits per heavy atom. The molecular formula is C25H21Cl2N3O4S. The van der Waals surface area contributed by atoms with Gasteiger partial charge in [-0.1, -0.05) is 23.2 Å². The Hall–Kier alpha value is -2.78. The quantitative estimate of drug-likeness (QED) is 0.388. The molecule has 0 aliphatic carbocycles. The summed E-state index contributed by atoms with van der Waals surface area (Å²) in [6.45, 7) is 1.04. The van der Waals surface area contributed by atoms with Gasteiger partial charge in [0, 0.05) is 41.0 Å². The number of aromatic nitrogens is 1. The minimum atomic E-state index is -0.241. The van der Waals surface area contributed by atoms with Crippen LogP contribution in [0, 0.1) is 0 Å². The van der Waals surface area contributed by atoms with Gasteiger partial charge in [0.2, 0.25) is 11.8 Å². The molecular weight excluding hydrogens is 509 g/mol. The van der Waals surface area contributed by atoms with E-state index in [1.165, 1.54) is 16.2 Å². The molecule has 3 heterocycles. The van der Waals surface area contributed by atoms with Gasteiger partial charge in [0.25, 0.3) is 5.91 Å². The fourth-order valence-electron chi connectivity index (χ4n) is 4.22. The summed E-state index contributed by atoms with van der Waals surface area (Å²) in [5.74, 6) is -0.704. The average Bonchev–Trinajstić information content (AvgIpc) is 3.60. The van der Waals surface area contributed by atoms with Gasteiger partial charge in [-0.15, -0.1) is 11.3 Å². The van der Waals surface area contributed by atoms with E-state index >= 15 is 0 Å². The van der Waals surface area contributed by atoms with E-state index in [4.69, 9.17) is 32.9 Å². The number of rotatable bonds is 6. The van der Waals surface area contributed by atoms with E-state index in [0.717, 1.165) is 18.4 Å². The third-order valence-electron chi connectivity index (χ3n) is 6.01. The Kier molecular flexibility index (Phi) is 6.88. The van der Waals surface area contributed by atoms with Gasteiger partial charge in [0.15, 0.2) is 5.13 Å². The summed E-state index contributed by atoms with van der Waals surface area (Å²) in [6, 6.07) is 11.7. The second kappa shape index (κ2) is 10.1. The molecule has 7 nitrogen and oxygen atoms in total. The van der Waals surface area contributed by atoms with E-state index < -0.39 is 0 Å². The molecule has 3 aromatic rings. The lowest BCUT2D eigenvalue weighted by molar-refractivity contribution is -0.121. The number of amides is 3. The summed E-state index contributed by atoms with van der Waals surface area (Å²) >= 11 is 13.7. The molecule has 2 aliphatic rings. The summed E-state index contributed by atoms with van der Waals surface area (Å²) in [5.41, 5.74) is 2.27. The highest BCUT2D eigenvalue weighted by atomic mass is 35.5. The zero-order valence-electron chi connectivity index (χ0n) is 18.6. The Labute approximate surface area is 216 Å². The van der Waals surface area contributed by atoms with Crippen molar-refractivity contribution in [3.63, 3.8) is 0 Å². The van der Waals surface area contributed by atoms with Crippen LogP contribution in [0.5, 0.6) is 0 Å². The molecule has 0 radical (unpaired) electrons. The highest BCUT2D eigenvalue weighted by molar-refractivity contribution is 7.14. The van der Waals surface area contributed by atoms with E-state index in [-0.39, 0.29) is 36.7 Å². The lowest BCUT2D eigenvalue weighted by Crippen LogP contribution is -2.37. The fourth-order valence-corrected chi connectivity index (χ4v) is 5.56. The first kappa shape index (κ1) is 23.9. The van der Waals surface area contributed by atoms with Crippen molar-refractivity contribution in [3.8, 4) is 11.3 Å². The molecule has 0 bridgehead atoms. The second-order valence-corrected chi connectivity index (χ2v) is 10.0. The highest BCUT2D eigenvalue weighted by Gasteiger charge is 2.31. The van der Waals surface area contributed by atoms with Gasteiger partial charge < -0.3 is 4.74 Å². The molecule has 1 aromatic heterocycles. The van der Waals surface area contributed by atoms with Gasteiger partial charge >= 0.3 is 0 Å². The Bertz CT molecular complexity index is 1270. The van der Waals surface area contributed by atoms with Crippen LogP contribution >= 0.6 is 34.5 Å². The molecule has 180 valence electrons. The average molecular weight is 530 g/mol. The number of benzene rings is 2. The number of carbonyl (C=O) groups is 3. The molecule has 3 amide bonds. The van der Waals surface area contributed by atoms with Crippen molar-refractivity contribution < 1.29 is 19.1 Å². The van der Waals surface area contributed by atoms with Gasteiger partial charge in [-0.2, -0.15) is 0 Å². The first-order valence-electron chi connectivity index (χ1n) is 11.2. The van der Waals surface area contributed by atoms with Gasteiger partial charge in [-0.05, 0) is 55.3 Å². The summed E-state index contributed by atoms with van der Waals surface area (Å²) in [6.07, 6.45) is 2.15. The van der Waals surface area contributed by atoms with E-state index in [1.54, 1.807) is 47.4 Å². The molecule has 2 aromatic carbocycles. The predicted octanol–water partition coefficient (Wildman–Crippen LogP) is 5.60. The number of anilines is 2. The summed E-state index contributed by atoms with van der Waals surface area (Å²) in [5, 5.41) is 3.40. The largest absolute Gasteiger partial charge is 0.376 e. The van der Waals surface area contributed by atoms with Crippen molar-refractivity contribution in [1.29, 1.82) is 0 Å². The van der Waals surface area contributed by atoms with Crippen LogP contribution in [-0.4, -0.2) is 42.0 Å². The lowest BCUT2D eigenvalue weighted by Gasteiger charge is -2.23. The zero-order valence-corrected chi connectivity index (χ0v) is 20.9. The Morgan fingerprint density at radius 3 is 2.51 bits per heavy atom. The maximum atomic E-state index is 13.6. The van der Waals surface area contributed by atoms with Crippen molar-refractivity contribution >= 4 is 63.1 Å². The molecule has 1 atom stereocenters. The first-order valence-corrected chi connectivity index (χ1v) is 12.8. The Morgan fingerprint density at radius 2 is 1.86 bits per heavy atom. The van der Waals surface area contributed by atoms with Gasteiger partial charge in [0.1, 0.15) is 0 Å². The number of hydrogen-bond donors (Lipinski definition) is 0. The third kappa shape index (κ3) is 4.97. The lowest BCUT2D eigenvalue weighted by atomic mass is 10.1. The van der Waals surface area contributed by atoms with Crippen molar-refractivity contribution in [2.24, 2.45) is 0 Å². The highest BCUT2D eigenvalue weighted by Crippen LogP contribution is 2.34. The van der Waals surface area contributed by atoms with E-state index in [0.29, 0.717) is 45.3 Å². The molecule has 0 spiro atoms. The van der Waals surface area contributed by atoms with Crippen molar-refractivity contribution in [2.45, 2.75) is 31.8 Å². The normalized spacial score (nSPS) is 17.9. The molecule has 35 heavy (non-hydrogen) atoms. The number of nitrogens with zero attached hydrogens (tertiary/aromatic N) is 3. The van der Waals surface area contributed by atoms with E-state index in [1.807, 2.05) is 5.38 Å². The van der Waals surface area contributed by atoms with Crippen LogP contribution in [0.3, 0.4) is 0 Å². The molecule has 0 N–H and O–H groups in total. The number of carbonyl (C=O) groups excluding carboxylic acids is 3. The van der Waals surface area contributed by atoms with Crippen LogP contribution in [0.1, 0.15) is 36.0 Å². The second-order valence-electron chi connectivity index (χ2n) is 8.36. The Balaban J connectivity index is 1.43. The van der Waals surface area contributed by atoms with Crippen LogP contribution < -0.4 is 9.80 Å². The van der Waals surface area contributed by atoms with E-state index in [2.05, 4.69) is 0 Å². The van der Waals surface area contributed by atoms with Crippen molar-refractivity contribution in [3.05, 3.63) is 63.5 Å². The van der Waals surface area contributed by atoms with Crippen LogP contribution in [0.15, 0.2) is 47.8 Å². The smallest absolute Gasteiger partial charge is 0.260 e. The van der Waals surface area contributed by atoms with Crippen LogP contribution in [0.25, 0.3) is 11.3 Å². The van der Waals surface area contributed by atoms with Gasteiger partial charge in [-0.25, -0.2) is 4.98 Å². The minimum Gasteiger partial charge on any atom is -0.376 e.